The molecule has 8 nitrogen and oxygen atoms in total. The van der Waals surface area contributed by atoms with Gasteiger partial charge in [-0.25, -0.2) is 28.6 Å². The number of nitrogens with zero attached hydrogens (tertiary/aromatic N) is 5. The number of carbonyl (C=O) groups excluding carboxylic acids is 2. The third-order valence-corrected chi connectivity index (χ3v) is 5.49. The first-order valence-corrected chi connectivity index (χ1v) is 10.2. The largest absolute Gasteiger partial charge is 0.616 e. The fraction of sp³-hybridized carbons (Fsp3) is 0.318. The van der Waals surface area contributed by atoms with Crippen LogP contribution in [0.2, 0.25) is 0 Å². The number of rotatable bonds is 6. The molecule has 1 aromatic heterocycles. The van der Waals surface area contributed by atoms with E-state index in [2.05, 4.69) is 9.98 Å². The van der Waals surface area contributed by atoms with Crippen molar-refractivity contribution >= 4 is 23.5 Å². The van der Waals surface area contributed by atoms with E-state index in [1.54, 1.807) is 32.2 Å². The monoisotopic (exact) mass is 423 g/mol. The molecule has 0 spiro atoms. The lowest BCUT2D eigenvalue weighted by molar-refractivity contribution is -0.723. The van der Waals surface area contributed by atoms with E-state index in [9.17, 15) is 19.2 Å². The average molecular weight is 423 g/mol. The van der Waals surface area contributed by atoms with Crippen LogP contribution >= 0.6 is 0 Å². The Labute approximate surface area is 178 Å². The molecular formula is C22H22FN5O3. The summed E-state index contributed by atoms with van der Waals surface area (Å²) >= 11 is 0. The topological polar surface area (TPSA) is 98.0 Å². The zero-order chi connectivity index (χ0) is 22.2. The number of benzene rings is 1. The van der Waals surface area contributed by atoms with Gasteiger partial charge in [-0.05, 0) is 37.6 Å². The van der Waals surface area contributed by atoms with Gasteiger partial charge in [-0.3, -0.25) is 9.88 Å². The van der Waals surface area contributed by atoms with Crippen molar-refractivity contribution in [3.63, 3.8) is 0 Å². The molecule has 0 radical (unpaired) electrons. The Morgan fingerprint density at radius 3 is 2.48 bits per heavy atom. The molecule has 1 fully saturated rings. The maximum absolute atomic E-state index is 13.6. The third kappa shape index (κ3) is 3.17. The second-order valence-electron chi connectivity index (χ2n) is 7.46. The van der Waals surface area contributed by atoms with E-state index in [0.29, 0.717) is 17.7 Å². The van der Waals surface area contributed by atoms with E-state index in [0.717, 1.165) is 0 Å². The van der Waals surface area contributed by atoms with Crippen molar-refractivity contribution in [2.45, 2.75) is 32.4 Å². The molecule has 1 aromatic carbocycles. The van der Waals surface area contributed by atoms with Crippen LogP contribution in [0.5, 0.6) is 0 Å². The summed E-state index contributed by atoms with van der Waals surface area (Å²) in [6, 6.07) is 9.90. The second kappa shape index (κ2) is 7.75. The Morgan fingerprint density at radius 2 is 1.87 bits per heavy atom. The number of urea groups is 1. The fourth-order valence-corrected chi connectivity index (χ4v) is 4.11. The van der Waals surface area contributed by atoms with Crippen molar-refractivity contribution in [2.75, 3.05) is 13.1 Å². The Hall–Kier alpha value is -3.30. The van der Waals surface area contributed by atoms with Crippen molar-refractivity contribution in [2.24, 2.45) is 9.98 Å². The van der Waals surface area contributed by atoms with Gasteiger partial charge in [0.05, 0.1) is 6.54 Å². The van der Waals surface area contributed by atoms with Gasteiger partial charge in [0.2, 0.25) is 11.4 Å². The smallest absolute Gasteiger partial charge is 0.429 e. The Bertz CT molecular complexity index is 1090. The standard InChI is InChI=1S/C22H22FN5O3/c1-3-13-28(31)20(29)19-22(27(4-2)21(28)30,15-8-10-16(23)11-9-15)26-18(25-19)14-17-7-5-6-12-24-17/h5-12H,3-4,13-14H2,1-2H3. The van der Waals surface area contributed by atoms with Crippen LogP contribution in [-0.2, 0) is 16.9 Å². The number of hydrogen-bond acceptors (Lipinski definition) is 6. The minimum absolute atomic E-state index is 0.116. The first-order chi connectivity index (χ1) is 14.9. The molecule has 0 bridgehead atoms. The van der Waals surface area contributed by atoms with Gasteiger partial charge in [-0.2, -0.15) is 0 Å². The van der Waals surface area contributed by atoms with Crippen molar-refractivity contribution in [1.82, 2.24) is 9.88 Å². The minimum Gasteiger partial charge on any atom is -0.616 e. The van der Waals surface area contributed by atoms with Crippen molar-refractivity contribution in [3.8, 4) is 0 Å². The predicted octanol–water partition coefficient (Wildman–Crippen LogP) is 3.18. The number of aliphatic imine (C=N–C) groups is 2. The SMILES string of the molecule is CCC[N+]1([O-])C(=O)C2=NC(Cc3ccccn3)=NC2(c2ccc(F)cc2)N(CC)C1=O. The number of imide groups is 1. The van der Waals surface area contributed by atoms with Gasteiger partial charge >= 0.3 is 11.9 Å². The maximum Gasteiger partial charge on any atom is 0.429 e. The molecule has 160 valence electrons. The van der Waals surface area contributed by atoms with Gasteiger partial charge in [-0.15, -0.1) is 0 Å². The summed E-state index contributed by atoms with van der Waals surface area (Å²) in [6.45, 7) is 3.37. The minimum atomic E-state index is -1.64. The number of aromatic nitrogens is 1. The van der Waals surface area contributed by atoms with Crippen LogP contribution in [0, 0.1) is 11.0 Å². The summed E-state index contributed by atoms with van der Waals surface area (Å²) < 4.78 is 12.0. The summed E-state index contributed by atoms with van der Waals surface area (Å²) in [5, 5.41) is 13.4. The van der Waals surface area contributed by atoms with E-state index in [-0.39, 0.29) is 31.1 Å². The van der Waals surface area contributed by atoms with Gasteiger partial charge in [0.25, 0.3) is 0 Å². The number of hydroxylamine groups is 3. The normalized spacial score (nSPS) is 25.4. The highest BCUT2D eigenvalue weighted by Crippen LogP contribution is 2.42. The number of carbonyl (C=O) groups is 2. The van der Waals surface area contributed by atoms with E-state index in [1.165, 1.54) is 29.2 Å². The van der Waals surface area contributed by atoms with E-state index in [4.69, 9.17) is 4.99 Å². The lowest BCUT2D eigenvalue weighted by Gasteiger charge is -2.49. The summed E-state index contributed by atoms with van der Waals surface area (Å²) in [5.74, 6) is -1.12. The Kier molecular flexibility index (Phi) is 5.24. The van der Waals surface area contributed by atoms with Crippen LogP contribution in [0.1, 0.15) is 31.5 Å². The molecule has 31 heavy (non-hydrogen) atoms. The Morgan fingerprint density at radius 1 is 1.13 bits per heavy atom. The molecule has 2 aromatic rings. The molecule has 2 aliphatic rings. The van der Waals surface area contributed by atoms with Gasteiger partial charge in [0.1, 0.15) is 11.7 Å². The first kappa shape index (κ1) is 21.0. The van der Waals surface area contributed by atoms with Gasteiger partial charge < -0.3 is 5.21 Å². The molecule has 4 rings (SSSR count). The molecular weight excluding hydrogens is 401 g/mol. The number of pyridine rings is 1. The number of quaternary nitrogens is 1. The lowest BCUT2D eigenvalue weighted by Crippen LogP contribution is -2.72. The van der Waals surface area contributed by atoms with Gasteiger partial charge in [-0.1, -0.05) is 25.1 Å². The van der Waals surface area contributed by atoms with Crippen molar-refractivity contribution in [1.29, 1.82) is 0 Å². The number of amides is 3. The Balaban J connectivity index is 1.91. The van der Waals surface area contributed by atoms with Crippen LogP contribution < -0.4 is 0 Å². The molecule has 0 saturated carbocycles. The fourth-order valence-electron chi connectivity index (χ4n) is 4.11. The third-order valence-electron chi connectivity index (χ3n) is 5.49. The zero-order valence-electron chi connectivity index (χ0n) is 17.3. The van der Waals surface area contributed by atoms with Gasteiger partial charge in [0, 0.05) is 30.4 Å². The second-order valence-corrected chi connectivity index (χ2v) is 7.46. The number of hydrogen-bond donors (Lipinski definition) is 0. The lowest BCUT2D eigenvalue weighted by atomic mass is 9.89. The van der Waals surface area contributed by atoms with Crippen LogP contribution in [0.3, 0.4) is 0 Å². The van der Waals surface area contributed by atoms with Crippen LogP contribution in [0.15, 0.2) is 58.6 Å². The number of halogens is 1. The molecule has 3 amide bonds. The molecule has 2 aliphatic heterocycles. The predicted molar refractivity (Wildman–Crippen MR) is 112 cm³/mol. The molecule has 1 saturated heterocycles. The summed E-state index contributed by atoms with van der Waals surface area (Å²) in [6.07, 6.45) is 2.20. The summed E-state index contributed by atoms with van der Waals surface area (Å²) in [7, 11) is 0. The molecule has 0 N–H and O–H groups in total. The molecule has 3 heterocycles. The van der Waals surface area contributed by atoms with Gasteiger partial charge in [0.15, 0.2) is 0 Å². The number of fused-ring (bicyclic) bond motifs is 1. The quantitative estimate of drug-likeness (QED) is 0.526. The maximum atomic E-state index is 13.6. The van der Waals surface area contributed by atoms with Crippen molar-refractivity contribution < 1.29 is 18.6 Å². The zero-order valence-corrected chi connectivity index (χ0v) is 17.3. The molecule has 2 atom stereocenters. The highest BCUT2D eigenvalue weighted by Gasteiger charge is 2.63. The molecule has 9 heteroatoms. The van der Waals surface area contributed by atoms with Crippen LogP contribution in [-0.4, -0.2) is 51.1 Å². The van der Waals surface area contributed by atoms with Crippen molar-refractivity contribution in [3.05, 3.63) is 70.9 Å². The number of amidine groups is 1. The highest BCUT2D eigenvalue weighted by atomic mass is 19.1. The van der Waals surface area contributed by atoms with E-state index >= 15 is 0 Å². The van der Waals surface area contributed by atoms with Crippen LogP contribution in [0.25, 0.3) is 0 Å². The van der Waals surface area contributed by atoms with E-state index < -0.39 is 28.1 Å². The molecule has 2 unspecified atom stereocenters. The van der Waals surface area contributed by atoms with E-state index in [1.807, 2.05) is 6.07 Å². The molecule has 0 aliphatic carbocycles. The van der Waals surface area contributed by atoms with Crippen LogP contribution in [0.4, 0.5) is 9.18 Å². The average Bonchev–Trinajstić information content (AvgIpc) is 3.14. The highest BCUT2D eigenvalue weighted by molar-refractivity contribution is 6.45. The summed E-state index contributed by atoms with van der Waals surface area (Å²) in [4.78, 5) is 41.3. The summed E-state index contributed by atoms with van der Waals surface area (Å²) in [5.41, 5.74) is -0.637. The first-order valence-electron chi connectivity index (χ1n) is 10.2.